The smallest absolute Gasteiger partial charge is 0.124 e. The number of benzene rings is 1. The summed E-state index contributed by atoms with van der Waals surface area (Å²) in [5.41, 5.74) is 3.73. The van der Waals surface area contributed by atoms with Crippen molar-refractivity contribution in [2.75, 3.05) is 26.9 Å². The van der Waals surface area contributed by atoms with Crippen molar-refractivity contribution in [1.82, 2.24) is 5.32 Å². The van der Waals surface area contributed by atoms with E-state index < -0.39 is 0 Å². The monoisotopic (exact) mass is 263 g/mol. The molecule has 1 aromatic rings. The molecule has 3 nitrogen and oxygen atoms in total. The van der Waals surface area contributed by atoms with E-state index in [2.05, 4.69) is 31.3 Å². The van der Waals surface area contributed by atoms with Crippen LogP contribution in [0.1, 0.15) is 29.5 Å². The second-order valence-corrected chi connectivity index (χ2v) is 5.35. The fourth-order valence-corrected chi connectivity index (χ4v) is 2.42. The van der Waals surface area contributed by atoms with E-state index in [0.29, 0.717) is 0 Å². The van der Waals surface area contributed by atoms with E-state index >= 15 is 0 Å². The molecule has 19 heavy (non-hydrogen) atoms. The van der Waals surface area contributed by atoms with Crippen molar-refractivity contribution in [3.05, 3.63) is 28.8 Å². The minimum absolute atomic E-state index is 0.774. The van der Waals surface area contributed by atoms with Gasteiger partial charge in [-0.15, -0.1) is 0 Å². The van der Waals surface area contributed by atoms with Crippen LogP contribution in [0.15, 0.2) is 12.1 Å². The van der Waals surface area contributed by atoms with Crippen LogP contribution in [0.3, 0.4) is 0 Å². The van der Waals surface area contributed by atoms with Crippen molar-refractivity contribution in [3.8, 4) is 5.75 Å². The van der Waals surface area contributed by atoms with Crippen LogP contribution in [-0.2, 0) is 11.2 Å². The molecule has 1 aliphatic carbocycles. The molecule has 0 bridgehead atoms. The molecule has 0 spiro atoms. The molecule has 0 heterocycles. The first-order chi connectivity index (χ1) is 9.20. The quantitative estimate of drug-likeness (QED) is 0.731. The van der Waals surface area contributed by atoms with Crippen LogP contribution in [0.2, 0.25) is 0 Å². The summed E-state index contributed by atoms with van der Waals surface area (Å²) in [5.74, 6) is 0.998. The third-order valence-corrected chi connectivity index (χ3v) is 3.52. The zero-order chi connectivity index (χ0) is 13.7. The maximum atomic E-state index is 5.66. The Morgan fingerprint density at radius 3 is 2.42 bits per heavy atom. The lowest BCUT2D eigenvalue weighted by molar-refractivity contribution is 0.138. The van der Waals surface area contributed by atoms with Crippen molar-refractivity contribution < 1.29 is 9.47 Å². The van der Waals surface area contributed by atoms with E-state index in [0.717, 1.165) is 38.0 Å². The topological polar surface area (TPSA) is 30.5 Å². The number of ether oxygens (including phenoxy) is 2. The number of methoxy groups -OCH3 is 1. The first kappa shape index (κ1) is 14.4. The largest absolute Gasteiger partial charge is 0.496 e. The Balaban J connectivity index is 1.69. The van der Waals surface area contributed by atoms with Gasteiger partial charge in [-0.1, -0.05) is 12.1 Å². The summed E-state index contributed by atoms with van der Waals surface area (Å²) >= 11 is 0. The van der Waals surface area contributed by atoms with Crippen molar-refractivity contribution in [1.29, 1.82) is 0 Å². The number of rotatable bonds is 8. The minimum Gasteiger partial charge on any atom is -0.496 e. The highest BCUT2D eigenvalue weighted by molar-refractivity contribution is 5.43. The third kappa shape index (κ3) is 4.51. The van der Waals surface area contributed by atoms with Crippen LogP contribution in [-0.4, -0.2) is 32.9 Å². The minimum atomic E-state index is 0.774. The second kappa shape index (κ2) is 6.92. The van der Waals surface area contributed by atoms with Crippen LogP contribution in [0.25, 0.3) is 0 Å². The van der Waals surface area contributed by atoms with E-state index in [1.54, 1.807) is 7.11 Å². The van der Waals surface area contributed by atoms with Gasteiger partial charge >= 0.3 is 0 Å². The zero-order valence-corrected chi connectivity index (χ0v) is 12.3. The van der Waals surface area contributed by atoms with Crippen molar-refractivity contribution in [2.24, 2.45) is 0 Å². The summed E-state index contributed by atoms with van der Waals surface area (Å²) in [5, 5.41) is 3.45. The SMILES string of the molecule is COc1c(C)cc(CCOCCNC2CC2)cc1C. The van der Waals surface area contributed by atoms with Gasteiger partial charge in [0.05, 0.1) is 20.3 Å². The van der Waals surface area contributed by atoms with Crippen LogP contribution >= 0.6 is 0 Å². The number of aryl methyl sites for hydroxylation is 2. The molecular formula is C16H25NO2. The van der Waals surface area contributed by atoms with Crippen LogP contribution in [0, 0.1) is 13.8 Å². The number of hydrogen-bond acceptors (Lipinski definition) is 3. The molecule has 0 aromatic heterocycles. The van der Waals surface area contributed by atoms with Gasteiger partial charge in [0, 0.05) is 12.6 Å². The normalized spacial score (nSPS) is 14.7. The molecule has 1 aromatic carbocycles. The lowest BCUT2D eigenvalue weighted by atomic mass is 10.0. The number of hydrogen-bond donors (Lipinski definition) is 1. The molecular weight excluding hydrogens is 238 g/mol. The van der Waals surface area contributed by atoms with Gasteiger partial charge in [-0.2, -0.15) is 0 Å². The molecule has 1 N–H and O–H groups in total. The summed E-state index contributed by atoms with van der Waals surface area (Å²) in [4.78, 5) is 0. The predicted molar refractivity (Wildman–Crippen MR) is 78.0 cm³/mol. The lowest BCUT2D eigenvalue weighted by Crippen LogP contribution is -2.22. The molecule has 1 aliphatic rings. The Bertz CT molecular complexity index is 390. The van der Waals surface area contributed by atoms with Gasteiger partial charge in [0.2, 0.25) is 0 Å². The highest BCUT2D eigenvalue weighted by Gasteiger charge is 2.19. The fraction of sp³-hybridized carbons (Fsp3) is 0.625. The third-order valence-electron chi connectivity index (χ3n) is 3.52. The Morgan fingerprint density at radius 1 is 1.16 bits per heavy atom. The van der Waals surface area contributed by atoms with Gasteiger partial charge in [0.1, 0.15) is 5.75 Å². The molecule has 0 radical (unpaired) electrons. The van der Waals surface area contributed by atoms with E-state index in [4.69, 9.17) is 9.47 Å². The predicted octanol–water partition coefficient (Wildman–Crippen LogP) is 2.62. The molecule has 1 fully saturated rings. The van der Waals surface area contributed by atoms with E-state index in [-0.39, 0.29) is 0 Å². The Kier molecular flexibility index (Phi) is 5.23. The van der Waals surface area contributed by atoms with E-state index in [1.165, 1.54) is 29.5 Å². The van der Waals surface area contributed by atoms with Crippen molar-refractivity contribution >= 4 is 0 Å². The standard InChI is InChI=1S/C16H25NO2/c1-12-10-14(11-13(2)16(12)18-3)6-8-19-9-7-17-15-4-5-15/h10-11,15,17H,4-9H2,1-3H3. The summed E-state index contributed by atoms with van der Waals surface area (Å²) < 4.78 is 11.0. The molecule has 3 heteroatoms. The summed E-state index contributed by atoms with van der Waals surface area (Å²) in [7, 11) is 1.73. The fourth-order valence-electron chi connectivity index (χ4n) is 2.42. The first-order valence-electron chi connectivity index (χ1n) is 7.16. The van der Waals surface area contributed by atoms with Crippen LogP contribution < -0.4 is 10.1 Å². The highest BCUT2D eigenvalue weighted by Crippen LogP contribution is 2.24. The second-order valence-electron chi connectivity index (χ2n) is 5.35. The molecule has 1 saturated carbocycles. The maximum absolute atomic E-state index is 5.66. The molecule has 0 saturated heterocycles. The molecule has 106 valence electrons. The van der Waals surface area contributed by atoms with Crippen molar-refractivity contribution in [3.63, 3.8) is 0 Å². The molecule has 0 amide bonds. The van der Waals surface area contributed by atoms with Gasteiger partial charge in [-0.25, -0.2) is 0 Å². The average molecular weight is 263 g/mol. The van der Waals surface area contributed by atoms with E-state index in [9.17, 15) is 0 Å². The van der Waals surface area contributed by atoms with Gasteiger partial charge in [0.15, 0.2) is 0 Å². The molecule has 0 atom stereocenters. The summed E-state index contributed by atoms with van der Waals surface area (Å²) in [6, 6.07) is 5.16. The average Bonchev–Trinajstić information content (AvgIpc) is 3.17. The van der Waals surface area contributed by atoms with Gasteiger partial charge in [-0.05, 0) is 49.8 Å². The lowest BCUT2D eigenvalue weighted by Gasteiger charge is -2.11. The highest BCUT2D eigenvalue weighted by atomic mass is 16.5. The van der Waals surface area contributed by atoms with Gasteiger partial charge in [-0.3, -0.25) is 0 Å². The molecule has 0 aliphatic heterocycles. The summed E-state index contributed by atoms with van der Waals surface area (Å²) in [6.07, 6.45) is 3.64. The first-order valence-corrected chi connectivity index (χ1v) is 7.16. The van der Waals surface area contributed by atoms with Crippen molar-refractivity contribution in [2.45, 2.75) is 39.2 Å². The van der Waals surface area contributed by atoms with E-state index in [1.807, 2.05) is 0 Å². The van der Waals surface area contributed by atoms with Gasteiger partial charge < -0.3 is 14.8 Å². The summed E-state index contributed by atoms with van der Waals surface area (Å²) in [6.45, 7) is 6.76. The van der Waals surface area contributed by atoms with Crippen LogP contribution in [0.5, 0.6) is 5.75 Å². The Morgan fingerprint density at radius 2 is 1.84 bits per heavy atom. The molecule has 2 rings (SSSR count). The maximum Gasteiger partial charge on any atom is 0.124 e. The Hall–Kier alpha value is -1.06. The van der Waals surface area contributed by atoms with Gasteiger partial charge in [0.25, 0.3) is 0 Å². The van der Waals surface area contributed by atoms with Crippen LogP contribution in [0.4, 0.5) is 0 Å². The molecule has 0 unspecified atom stereocenters. The number of nitrogens with one attached hydrogen (secondary N) is 1. The zero-order valence-electron chi connectivity index (χ0n) is 12.3. The Labute approximate surface area is 116 Å².